The molecule has 0 saturated heterocycles. The van der Waals surface area contributed by atoms with Gasteiger partial charge in [0.2, 0.25) is 0 Å². The Hall–Kier alpha value is 0.0900. The van der Waals surface area contributed by atoms with Crippen LogP contribution in [0, 0.1) is 46.3 Å². The van der Waals surface area contributed by atoms with Gasteiger partial charge in [-0.15, -0.1) is 0 Å². The Balaban J connectivity index is 1.49. The Morgan fingerprint density at radius 1 is 1.00 bits per heavy atom. The molecule has 28 heavy (non-hydrogen) atoms. The lowest BCUT2D eigenvalue weighted by Crippen LogP contribution is -2.50. The van der Waals surface area contributed by atoms with Gasteiger partial charge in [-0.2, -0.15) is 12.6 Å². The first-order valence-corrected chi connectivity index (χ1v) is 13.1. The molecule has 0 heterocycles. The average molecular weight is 403 g/mol. The van der Waals surface area contributed by atoms with Crippen molar-refractivity contribution in [3.8, 4) is 0 Å². The molecule has 1 heteroatoms. The van der Waals surface area contributed by atoms with Gasteiger partial charge < -0.3 is 0 Å². The minimum absolute atomic E-state index is 0.504. The van der Waals surface area contributed by atoms with Crippen molar-refractivity contribution in [3.63, 3.8) is 0 Å². The van der Waals surface area contributed by atoms with Gasteiger partial charge in [0.15, 0.2) is 0 Å². The molecule has 1 unspecified atom stereocenters. The quantitative estimate of drug-likeness (QED) is 0.347. The molecule has 0 aromatic rings. The van der Waals surface area contributed by atoms with E-state index < -0.39 is 0 Å². The van der Waals surface area contributed by atoms with Crippen molar-refractivity contribution in [2.75, 3.05) is 0 Å². The molecule has 4 aliphatic carbocycles. The van der Waals surface area contributed by atoms with Crippen LogP contribution in [0.1, 0.15) is 105 Å². The SMILES string of the molecule is CC(C)CCC[C@@H](C)[C@H]1CC[C@H]2[C@@H]3CC=C4C[C@@H](S)CC[C@]4(C)C3CC[C@]12C. The van der Waals surface area contributed by atoms with E-state index in [0.29, 0.717) is 16.1 Å². The predicted octanol–water partition coefficient (Wildman–Crippen LogP) is 8.33. The molecule has 0 spiro atoms. The minimum atomic E-state index is 0.504. The molecule has 0 bridgehead atoms. The molecule has 0 nitrogen and oxygen atoms in total. The number of hydrogen-bond acceptors (Lipinski definition) is 1. The van der Waals surface area contributed by atoms with Crippen molar-refractivity contribution in [2.24, 2.45) is 46.3 Å². The zero-order chi connectivity index (χ0) is 20.1. The van der Waals surface area contributed by atoms with Gasteiger partial charge in [0.1, 0.15) is 0 Å². The van der Waals surface area contributed by atoms with E-state index in [1.54, 1.807) is 5.57 Å². The van der Waals surface area contributed by atoms with E-state index in [4.69, 9.17) is 12.6 Å². The second kappa shape index (κ2) is 7.97. The van der Waals surface area contributed by atoms with Crippen LogP contribution in [0.4, 0.5) is 0 Å². The Labute approximate surface area is 181 Å². The highest BCUT2D eigenvalue weighted by atomic mass is 32.1. The van der Waals surface area contributed by atoms with Crippen LogP contribution < -0.4 is 0 Å². The fourth-order valence-corrected chi connectivity index (χ4v) is 8.99. The summed E-state index contributed by atoms with van der Waals surface area (Å²) >= 11 is 4.84. The summed E-state index contributed by atoms with van der Waals surface area (Å²) in [6, 6.07) is 0. The zero-order valence-corrected chi connectivity index (χ0v) is 20.2. The lowest BCUT2D eigenvalue weighted by atomic mass is 9.47. The number of hydrogen-bond donors (Lipinski definition) is 1. The topological polar surface area (TPSA) is 0 Å². The third-order valence-electron chi connectivity index (χ3n) is 10.3. The number of thiol groups is 1. The number of fused-ring (bicyclic) bond motifs is 5. The standard InChI is InChI=1S/C27H46S/c1-18(2)7-6-8-19(3)23-11-12-24-22-10-9-20-17-21(28)13-15-26(20,4)25(22)14-16-27(23,24)5/h9,18-19,21-25,28H,6-8,10-17H2,1-5H3/t19-,21+,22+,23-,24+,25?,26+,27-/m1/s1. The van der Waals surface area contributed by atoms with Gasteiger partial charge in [-0.05, 0) is 97.7 Å². The van der Waals surface area contributed by atoms with Crippen LogP contribution in [-0.2, 0) is 0 Å². The fraction of sp³-hybridized carbons (Fsp3) is 0.926. The predicted molar refractivity (Wildman–Crippen MR) is 126 cm³/mol. The van der Waals surface area contributed by atoms with E-state index >= 15 is 0 Å². The lowest BCUT2D eigenvalue weighted by Gasteiger charge is -2.58. The van der Waals surface area contributed by atoms with Gasteiger partial charge in [-0.3, -0.25) is 0 Å². The highest BCUT2D eigenvalue weighted by Crippen LogP contribution is 2.67. The minimum Gasteiger partial charge on any atom is -0.176 e. The molecule has 0 amide bonds. The highest BCUT2D eigenvalue weighted by Gasteiger charge is 2.58. The molecule has 0 aromatic carbocycles. The number of rotatable bonds is 5. The first kappa shape index (κ1) is 21.3. The maximum absolute atomic E-state index is 4.84. The third-order valence-corrected chi connectivity index (χ3v) is 10.7. The lowest BCUT2D eigenvalue weighted by molar-refractivity contribution is -0.0497. The molecule has 0 N–H and O–H groups in total. The molecular weight excluding hydrogens is 356 g/mol. The van der Waals surface area contributed by atoms with Crippen molar-refractivity contribution >= 4 is 12.6 Å². The van der Waals surface area contributed by atoms with Crippen molar-refractivity contribution in [1.29, 1.82) is 0 Å². The Morgan fingerprint density at radius 2 is 1.79 bits per heavy atom. The maximum atomic E-state index is 4.84. The fourth-order valence-electron chi connectivity index (χ4n) is 8.67. The summed E-state index contributed by atoms with van der Waals surface area (Å²) in [6.07, 6.45) is 18.4. The summed E-state index contributed by atoms with van der Waals surface area (Å²) in [5.74, 6) is 5.70. The maximum Gasteiger partial charge on any atom is 0.00545 e. The monoisotopic (exact) mass is 402 g/mol. The van der Waals surface area contributed by atoms with E-state index in [2.05, 4.69) is 40.7 Å². The van der Waals surface area contributed by atoms with Gasteiger partial charge in [0, 0.05) is 5.25 Å². The highest BCUT2D eigenvalue weighted by molar-refractivity contribution is 7.80. The van der Waals surface area contributed by atoms with Crippen molar-refractivity contribution in [3.05, 3.63) is 11.6 Å². The van der Waals surface area contributed by atoms with Crippen LogP contribution in [0.25, 0.3) is 0 Å². The second-order valence-corrected chi connectivity index (χ2v) is 12.9. The molecule has 3 saturated carbocycles. The van der Waals surface area contributed by atoms with E-state index in [9.17, 15) is 0 Å². The van der Waals surface area contributed by atoms with Crippen molar-refractivity contribution < 1.29 is 0 Å². The van der Waals surface area contributed by atoms with E-state index in [-0.39, 0.29) is 0 Å². The summed E-state index contributed by atoms with van der Waals surface area (Å²) in [5, 5.41) is 0.618. The normalized spacial score (nSPS) is 46.5. The zero-order valence-electron chi connectivity index (χ0n) is 19.3. The summed E-state index contributed by atoms with van der Waals surface area (Å²) in [6.45, 7) is 12.7. The van der Waals surface area contributed by atoms with Gasteiger partial charge >= 0.3 is 0 Å². The molecule has 3 fully saturated rings. The molecule has 4 rings (SSSR count). The van der Waals surface area contributed by atoms with E-state index in [1.165, 1.54) is 70.6 Å². The van der Waals surface area contributed by atoms with Crippen molar-refractivity contribution in [1.82, 2.24) is 0 Å². The van der Waals surface area contributed by atoms with Gasteiger partial charge in [0.05, 0.1) is 0 Å². The Morgan fingerprint density at radius 3 is 2.54 bits per heavy atom. The Kier molecular flexibility index (Phi) is 6.07. The molecular formula is C27H46S. The van der Waals surface area contributed by atoms with E-state index in [0.717, 1.165) is 35.5 Å². The first-order chi connectivity index (χ1) is 13.3. The summed E-state index contributed by atoms with van der Waals surface area (Å²) in [4.78, 5) is 0. The molecule has 0 radical (unpaired) electrons. The number of allylic oxidation sites excluding steroid dienone is 2. The third kappa shape index (κ3) is 3.54. The Bertz CT molecular complexity index is 591. The second-order valence-electron chi connectivity index (χ2n) is 12.2. The van der Waals surface area contributed by atoms with Crippen LogP contribution in [0.3, 0.4) is 0 Å². The molecule has 0 aromatic heterocycles. The van der Waals surface area contributed by atoms with Crippen LogP contribution in [0.15, 0.2) is 11.6 Å². The first-order valence-electron chi connectivity index (χ1n) is 12.6. The average Bonchev–Trinajstić information content (AvgIpc) is 2.99. The summed E-state index contributed by atoms with van der Waals surface area (Å²) in [7, 11) is 0. The molecule has 4 aliphatic rings. The summed E-state index contributed by atoms with van der Waals surface area (Å²) in [5.41, 5.74) is 2.92. The van der Waals surface area contributed by atoms with Gasteiger partial charge in [0.25, 0.3) is 0 Å². The molecule has 0 aliphatic heterocycles. The van der Waals surface area contributed by atoms with Gasteiger partial charge in [-0.25, -0.2) is 0 Å². The van der Waals surface area contributed by atoms with Crippen LogP contribution in [0.2, 0.25) is 0 Å². The van der Waals surface area contributed by atoms with Crippen LogP contribution in [0.5, 0.6) is 0 Å². The van der Waals surface area contributed by atoms with Gasteiger partial charge in [-0.1, -0.05) is 65.5 Å². The van der Waals surface area contributed by atoms with Crippen molar-refractivity contribution in [2.45, 2.75) is 110 Å². The van der Waals surface area contributed by atoms with Crippen LogP contribution >= 0.6 is 12.6 Å². The smallest absolute Gasteiger partial charge is 0.00545 e. The van der Waals surface area contributed by atoms with E-state index in [1.807, 2.05) is 0 Å². The largest absolute Gasteiger partial charge is 0.176 e. The van der Waals surface area contributed by atoms with Crippen LogP contribution in [-0.4, -0.2) is 5.25 Å². The molecule has 160 valence electrons. The summed E-state index contributed by atoms with van der Waals surface area (Å²) < 4.78 is 0. The molecule has 8 atom stereocenters.